The number of aromatic nitrogens is 1. The highest BCUT2D eigenvalue weighted by Gasteiger charge is 2.20. The van der Waals surface area contributed by atoms with E-state index >= 15 is 0 Å². The number of pyridine rings is 1. The van der Waals surface area contributed by atoms with Crippen LogP contribution in [-0.2, 0) is 12.8 Å². The number of methoxy groups -OCH3 is 1. The lowest BCUT2D eigenvalue weighted by Crippen LogP contribution is -2.22. The minimum absolute atomic E-state index is 0.514. The second-order valence-electron chi connectivity index (χ2n) is 5.37. The first-order valence-corrected chi connectivity index (χ1v) is 6.96. The summed E-state index contributed by atoms with van der Waals surface area (Å²) in [7, 11) is 1.68. The zero-order valence-corrected chi connectivity index (χ0v) is 11.9. The van der Waals surface area contributed by atoms with Gasteiger partial charge < -0.3 is 9.47 Å². The molecule has 0 saturated heterocycles. The molecule has 0 fully saturated rings. The Morgan fingerprint density at radius 3 is 2.95 bits per heavy atom. The van der Waals surface area contributed by atoms with Gasteiger partial charge in [0.15, 0.2) is 0 Å². The molecule has 1 aromatic heterocycles. The topological polar surface area (TPSA) is 31.4 Å². The Balaban J connectivity index is 1.70. The molecule has 104 valence electrons. The van der Waals surface area contributed by atoms with Crippen molar-refractivity contribution in [1.82, 2.24) is 4.98 Å². The van der Waals surface area contributed by atoms with Crippen LogP contribution in [0.1, 0.15) is 16.8 Å². The maximum absolute atomic E-state index is 5.87. The Morgan fingerprint density at radius 2 is 2.20 bits per heavy atom. The second kappa shape index (κ2) is 5.53. The maximum atomic E-state index is 5.87. The van der Waals surface area contributed by atoms with E-state index in [1.807, 2.05) is 25.3 Å². The molecule has 0 spiro atoms. The number of nitrogens with zero attached hydrogens (tertiary/aromatic N) is 1. The summed E-state index contributed by atoms with van der Waals surface area (Å²) in [5.41, 5.74) is 3.61. The Morgan fingerprint density at radius 1 is 1.30 bits per heavy atom. The van der Waals surface area contributed by atoms with E-state index in [0.717, 1.165) is 36.6 Å². The van der Waals surface area contributed by atoms with Gasteiger partial charge in [0.25, 0.3) is 0 Å². The highest BCUT2D eigenvalue weighted by Crippen LogP contribution is 2.32. The molecule has 0 unspecified atom stereocenters. The fourth-order valence-corrected chi connectivity index (χ4v) is 2.63. The van der Waals surface area contributed by atoms with Crippen LogP contribution >= 0.6 is 0 Å². The Kier molecular flexibility index (Phi) is 3.59. The van der Waals surface area contributed by atoms with Crippen LogP contribution in [0.25, 0.3) is 0 Å². The van der Waals surface area contributed by atoms with Crippen molar-refractivity contribution in [2.75, 3.05) is 13.7 Å². The van der Waals surface area contributed by atoms with E-state index in [9.17, 15) is 0 Å². The van der Waals surface area contributed by atoms with Crippen molar-refractivity contribution in [1.29, 1.82) is 0 Å². The summed E-state index contributed by atoms with van der Waals surface area (Å²) in [6.45, 7) is 2.77. The van der Waals surface area contributed by atoms with E-state index in [2.05, 4.69) is 23.2 Å². The molecule has 3 heteroatoms. The van der Waals surface area contributed by atoms with Gasteiger partial charge in [0.05, 0.1) is 13.7 Å². The van der Waals surface area contributed by atoms with Crippen LogP contribution in [0.15, 0.2) is 36.5 Å². The molecule has 0 amide bonds. The van der Waals surface area contributed by atoms with E-state index in [4.69, 9.17) is 9.47 Å². The number of aryl methyl sites for hydroxylation is 1. The van der Waals surface area contributed by atoms with Gasteiger partial charge in [-0.3, -0.25) is 4.98 Å². The first-order valence-electron chi connectivity index (χ1n) is 6.96. The third kappa shape index (κ3) is 2.77. The van der Waals surface area contributed by atoms with Gasteiger partial charge in [-0.1, -0.05) is 12.1 Å². The SMILES string of the molecule is COc1ccc2c(c1)OC[C@H](Cc1ccc(C)nc1)C2. The summed E-state index contributed by atoms with van der Waals surface area (Å²) < 4.78 is 11.1. The Bertz CT molecular complexity index is 592. The molecule has 2 aromatic rings. The average Bonchev–Trinajstić information content (AvgIpc) is 2.49. The largest absolute Gasteiger partial charge is 0.497 e. The van der Waals surface area contributed by atoms with E-state index < -0.39 is 0 Å². The Hall–Kier alpha value is -2.03. The van der Waals surface area contributed by atoms with Crippen molar-refractivity contribution in [3.05, 3.63) is 53.3 Å². The summed E-state index contributed by atoms with van der Waals surface area (Å²) >= 11 is 0. The highest BCUT2D eigenvalue weighted by molar-refractivity contribution is 5.42. The molecule has 1 aromatic carbocycles. The number of hydrogen-bond donors (Lipinski definition) is 0. The molecule has 2 heterocycles. The lowest BCUT2D eigenvalue weighted by atomic mass is 9.91. The van der Waals surface area contributed by atoms with Crippen LogP contribution in [0.2, 0.25) is 0 Å². The van der Waals surface area contributed by atoms with E-state index in [0.29, 0.717) is 5.92 Å². The number of ether oxygens (including phenoxy) is 2. The average molecular weight is 269 g/mol. The maximum Gasteiger partial charge on any atom is 0.126 e. The number of benzene rings is 1. The smallest absolute Gasteiger partial charge is 0.126 e. The number of fused-ring (bicyclic) bond motifs is 1. The van der Waals surface area contributed by atoms with Crippen LogP contribution in [0.3, 0.4) is 0 Å². The van der Waals surface area contributed by atoms with Gasteiger partial charge in [-0.25, -0.2) is 0 Å². The van der Waals surface area contributed by atoms with Crippen molar-refractivity contribution in [2.24, 2.45) is 5.92 Å². The molecule has 0 radical (unpaired) electrons. The van der Waals surface area contributed by atoms with E-state index in [-0.39, 0.29) is 0 Å². The molecule has 0 bridgehead atoms. The van der Waals surface area contributed by atoms with Crippen molar-refractivity contribution in [2.45, 2.75) is 19.8 Å². The second-order valence-corrected chi connectivity index (χ2v) is 5.37. The molecule has 20 heavy (non-hydrogen) atoms. The molecule has 1 aliphatic heterocycles. The molecule has 0 N–H and O–H groups in total. The minimum Gasteiger partial charge on any atom is -0.497 e. The quantitative estimate of drug-likeness (QED) is 0.857. The predicted molar refractivity (Wildman–Crippen MR) is 78.4 cm³/mol. The molecule has 1 atom stereocenters. The van der Waals surface area contributed by atoms with Crippen LogP contribution < -0.4 is 9.47 Å². The van der Waals surface area contributed by atoms with Crippen LogP contribution in [0.4, 0.5) is 0 Å². The molecule has 3 rings (SSSR count). The zero-order valence-electron chi connectivity index (χ0n) is 11.9. The van der Waals surface area contributed by atoms with Crippen molar-refractivity contribution in [3.8, 4) is 11.5 Å². The van der Waals surface area contributed by atoms with Crippen LogP contribution in [0.5, 0.6) is 11.5 Å². The van der Waals surface area contributed by atoms with E-state index in [1.165, 1.54) is 11.1 Å². The molecule has 0 saturated carbocycles. The molecule has 3 nitrogen and oxygen atoms in total. The van der Waals surface area contributed by atoms with Crippen molar-refractivity contribution in [3.63, 3.8) is 0 Å². The lowest BCUT2D eigenvalue weighted by Gasteiger charge is -2.25. The predicted octanol–water partition coefficient (Wildman–Crippen LogP) is 3.19. The summed E-state index contributed by atoms with van der Waals surface area (Å²) in [6, 6.07) is 10.3. The summed E-state index contributed by atoms with van der Waals surface area (Å²) in [5.74, 6) is 2.33. The van der Waals surface area contributed by atoms with Crippen molar-refractivity contribution < 1.29 is 9.47 Å². The van der Waals surface area contributed by atoms with Gasteiger partial charge >= 0.3 is 0 Å². The molecular formula is C17H19NO2. The monoisotopic (exact) mass is 269 g/mol. The number of hydrogen-bond acceptors (Lipinski definition) is 3. The first-order chi connectivity index (χ1) is 9.74. The number of rotatable bonds is 3. The van der Waals surface area contributed by atoms with Crippen molar-refractivity contribution >= 4 is 0 Å². The molecule has 0 aliphatic carbocycles. The van der Waals surface area contributed by atoms with Gasteiger partial charge in [-0.05, 0) is 43.0 Å². The fourth-order valence-electron chi connectivity index (χ4n) is 2.63. The van der Waals surface area contributed by atoms with Crippen LogP contribution in [0, 0.1) is 12.8 Å². The lowest BCUT2D eigenvalue weighted by molar-refractivity contribution is 0.220. The fraction of sp³-hybridized carbons (Fsp3) is 0.353. The summed E-state index contributed by atoms with van der Waals surface area (Å²) in [5, 5.41) is 0. The van der Waals surface area contributed by atoms with Gasteiger partial charge in [0.1, 0.15) is 11.5 Å². The summed E-state index contributed by atoms with van der Waals surface area (Å²) in [6.07, 6.45) is 4.03. The third-order valence-electron chi connectivity index (χ3n) is 3.75. The van der Waals surface area contributed by atoms with Gasteiger partial charge in [0.2, 0.25) is 0 Å². The van der Waals surface area contributed by atoms with Gasteiger partial charge in [-0.15, -0.1) is 0 Å². The van der Waals surface area contributed by atoms with Crippen LogP contribution in [-0.4, -0.2) is 18.7 Å². The zero-order chi connectivity index (χ0) is 13.9. The minimum atomic E-state index is 0.514. The van der Waals surface area contributed by atoms with E-state index in [1.54, 1.807) is 7.11 Å². The normalized spacial score (nSPS) is 17.2. The van der Waals surface area contributed by atoms with Gasteiger partial charge in [-0.2, -0.15) is 0 Å². The highest BCUT2D eigenvalue weighted by atomic mass is 16.5. The first kappa shape index (κ1) is 13.0. The summed E-state index contributed by atoms with van der Waals surface area (Å²) in [4.78, 5) is 4.35. The Labute approximate surface area is 119 Å². The molecular weight excluding hydrogens is 250 g/mol. The standard InChI is InChI=1S/C17H19NO2/c1-12-3-4-13(10-18-12)7-14-8-15-5-6-16(19-2)9-17(15)20-11-14/h3-6,9-10,14H,7-8,11H2,1-2H3/t14-/m1/s1. The third-order valence-corrected chi connectivity index (χ3v) is 3.75. The van der Waals surface area contributed by atoms with Gasteiger partial charge in [0, 0.05) is 23.9 Å². The molecule has 1 aliphatic rings.